The van der Waals surface area contributed by atoms with Crippen molar-refractivity contribution < 1.29 is 13.6 Å². The SMILES string of the molecule is CNC(=O)c1cnc(C(=N)c2cccc(F)c2NCc2ccccc2F)nc1N. The second-order valence-electron chi connectivity index (χ2n) is 6.05. The van der Waals surface area contributed by atoms with Crippen LogP contribution in [-0.4, -0.2) is 28.6 Å². The van der Waals surface area contributed by atoms with Crippen molar-refractivity contribution in [1.82, 2.24) is 15.3 Å². The number of halogens is 2. The van der Waals surface area contributed by atoms with Gasteiger partial charge < -0.3 is 16.4 Å². The Morgan fingerprint density at radius 2 is 1.83 bits per heavy atom. The molecule has 0 unspecified atom stereocenters. The standard InChI is InChI=1S/C20H18F2N6O/c1-25-20(29)13-10-27-19(28-18(13)24)16(23)12-6-4-8-15(22)17(12)26-9-11-5-2-3-7-14(11)21/h2-8,10,23,26H,9H2,1H3,(H,25,29)(H2,24,27,28). The Labute approximate surface area is 165 Å². The van der Waals surface area contributed by atoms with Crippen molar-refractivity contribution in [3.63, 3.8) is 0 Å². The number of nitrogens with one attached hydrogen (secondary N) is 3. The van der Waals surface area contributed by atoms with Gasteiger partial charge in [0.2, 0.25) is 0 Å². The minimum absolute atomic E-state index is 0.0123. The van der Waals surface area contributed by atoms with Gasteiger partial charge in [0, 0.05) is 30.9 Å². The first-order valence-electron chi connectivity index (χ1n) is 8.62. The van der Waals surface area contributed by atoms with Crippen LogP contribution in [0.3, 0.4) is 0 Å². The number of carbonyl (C=O) groups excluding carboxylic acids is 1. The molecule has 1 heterocycles. The van der Waals surface area contributed by atoms with Gasteiger partial charge in [-0.05, 0) is 12.1 Å². The Bertz CT molecular complexity index is 1090. The van der Waals surface area contributed by atoms with Gasteiger partial charge in [-0.2, -0.15) is 0 Å². The van der Waals surface area contributed by atoms with Gasteiger partial charge in [-0.25, -0.2) is 18.7 Å². The highest BCUT2D eigenvalue weighted by Gasteiger charge is 2.18. The maximum absolute atomic E-state index is 14.5. The summed E-state index contributed by atoms with van der Waals surface area (Å²) in [5.41, 5.74) is 6.20. The van der Waals surface area contributed by atoms with Crippen LogP contribution >= 0.6 is 0 Å². The number of amides is 1. The number of carbonyl (C=O) groups is 1. The molecule has 29 heavy (non-hydrogen) atoms. The van der Waals surface area contributed by atoms with Crippen molar-refractivity contribution >= 4 is 23.1 Å². The second kappa shape index (κ2) is 8.42. The molecule has 0 radical (unpaired) electrons. The van der Waals surface area contributed by atoms with Gasteiger partial charge in [0.05, 0.1) is 11.3 Å². The minimum Gasteiger partial charge on any atom is -0.383 e. The zero-order chi connectivity index (χ0) is 21.0. The van der Waals surface area contributed by atoms with Crippen LogP contribution in [0.5, 0.6) is 0 Å². The summed E-state index contributed by atoms with van der Waals surface area (Å²) in [5, 5.41) is 13.6. The monoisotopic (exact) mass is 396 g/mol. The predicted molar refractivity (Wildman–Crippen MR) is 106 cm³/mol. The number of rotatable bonds is 6. The molecule has 0 spiro atoms. The summed E-state index contributed by atoms with van der Waals surface area (Å²) in [7, 11) is 1.44. The van der Waals surface area contributed by atoms with E-state index in [0.29, 0.717) is 5.56 Å². The number of aromatic nitrogens is 2. The fraction of sp³-hybridized carbons (Fsp3) is 0.100. The number of nitrogens with two attached hydrogens (primary N) is 1. The Balaban J connectivity index is 1.92. The Hall–Kier alpha value is -3.88. The average Bonchev–Trinajstić information content (AvgIpc) is 2.72. The number of nitrogen functional groups attached to an aromatic ring is 1. The lowest BCUT2D eigenvalue weighted by molar-refractivity contribution is 0.0963. The summed E-state index contributed by atoms with van der Waals surface area (Å²) in [5.74, 6) is -1.67. The third-order valence-corrected chi connectivity index (χ3v) is 4.21. The van der Waals surface area contributed by atoms with Crippen LogP contribution in [0, 0.1) is 17.0 Å². The van der Waals surface area contributed by atoms with Gasteiger partial charge in [0.1, 0.15) is 23.2 Å². The molecule has 0 aliphatic rings. The van der Waals surface area contributed by atoms with Crippen LogP contribution in [0.4, 0.5) is 20.3 Å². The van der Waals surface area contributed by atoms with Crippen molar-refractivity contribution in [3.05, 3.63) is 82.8 Å². The molecule has 5 N–H and O–H groups in total. The Morgan fingerprint density at radius 1 is 1.10 bits per heavy atom. The van der Waals surface area contributed by atoms with Gasteiger partial charge in [-0.3, -0.25) is 10.2 Å². The van der Waals surface area contributed by atoms with E-state index in [9.17, 15) is 13.6 Å². The molecular formula is C20H18F2N6O. The van der Waals surface area contributed by atoms with E-state index >= 15 is 0 Å². The highest BCUT2D eigenvalue weighted by molar-refractivity contribution is 6.12. The van der Waals surface area contributed by atoms with E-state index in [-0.39, 0.29) is 40.7 Å². The van der Waals surface area contributed by atoms with Gasteiger partial charge in [-0.15, -0.1) is 0 Å². The zero-order valence-corrected chi connectivity index (χ0v) is 15.5. The van der Waals surface area contributed by atoms with Gasteiger partial charge in [-0.1, -0.05) is 30.3 Å². The fourth-order valence-electron chi connectivity index (χ4n) is 2.68. The van der Waals surface area contributed by atoms with Crippen LogP contribution in [0.2, 0.25) is 0 Å². The molecule has 3 rings (SSSR count). The number of benzene rings is 2. The topological polar surface area (TPSA) is 117 Å². The zero-order valence-electron chi connectivity index (χ0n) is 15.5. The molecule has 1 amide bonds. The van der Waals surface area contributed by atoms with Crippen molar-refractivity contribution in [2.45, 2.75) is 6.54 Å². The van der Waals surface area contributed by atoms with Crippen molar-refractivity contribution in [3.8, 4) is 0 Å². The smallest absolute Gasteiger partial charge is 0.256 e. The molecule has 0 saturated carbocycles. The molecule has 148 valence electrons. The lowest BCUT2D eigenvalue weighted by Crippen LogP contribution is -2.21. The maximum Gasteiger partial charge on any atom is 0.256 e. The molecule has 3 aromatic rings. The Kier molecular flexibility index (Phi) is 5.77. The first-order valence-corrected chi connectivity index (χ1v) is 8.62. The summed E-state index contributed by atoms with van der Waals surface area (Å²) >= 11 is 0. The molecule has 0 atom stereocenters. The summed E-state index contributed by atoms with van der Waals surface area (Å²) in [6, 6.07) is 10.3. The number of hydrogen-bond acceptors (Lipinski definition) is 6. The Morgan fingerprint density at radius 3 is 2.52 bits per heavy atom. The quantitative estimate of drug-likeness (QED) is 0.478. The third-order valence-electron chi connectivity index (χ3n) is 4.21. The molecule has 1 aromatic heterocycles. The summed E-state index contributed by atoms with van der Waals surface area (Å²) in [6.07, 6.45) is 1.21. The van der Waals surface area contributed by atoms with Crippen LogP contribution in [0.15, 0.2) is 48.7 Å². The molecule has 0 saturated heterocycles. The average molecular weight is 396 g/mol. The molecular weight excluding hydrogens is 378 g/mol. The molecule has 0 aliphatic heterocycles. The van der Waals surface area contributed by atoms with Crippen LogP contribution < -0.4 is 16.4 Å². The highest BCUT2D eigenvalue weighted by Crippen LogP contribution is 2.23. The van der Waals surface area contributed by atoms with Crippen molar-refractivity contribution in [2.75, 3.05) is 18.1 Å². The molecule has 0 bridgehead atoms. The van der Waals surface area contributed by atoms with Crippen molar-refractivity contribution in [1.29, 1.82) is 5.41 Å². The van der Waals surface area contributed by atoms with Gasteiger partial charge >= 0.3 is 0 Å². The third kappa shape index (κ3) is 4.18. The van der Waals surface area contributed by atoms with Gasteiger partial charge in [0.25, 0.3) is 5.91 Å². The van der Waals surface area contributed by atoms with E-state index in [2.05, 4.69) is 20.6 Å². The summed E-state index contributed by atoms with van der Waals surface area (Å²) < 4.78 is 28.3. The lowest BCUT2D eigenvalue weighted by atomic mass is 10.1. The highest BCUT2D eigenvalue weighted by atomic mass is 19.1. The number of hydrogen-bond donors (Lipinski definition) is 4. The van der Waals surface area contributed by atoms with Crippen LogP contribution in [0.25, 0.3) is 0 Å². The van der Waals surface area contributed by atoms with E-state index in [1.54, 1.807) is 18.2 Å². The predicted octanol–water partition coefficient (Wildman–Crippen LogP) is 2.72. The largest absolute Gasteiger partial charge is 0.383 e. The van der Waals surface area contributed by atoms with E-state index < -0.39 is 17.5 Å². The number of anilines is 2. The minimum atomic E-state index is -0.612. The molecule has 0 aliphatic carbocycles. The van der Waals surface area contributed by atoms with Crippen LogP contribution in [0.1, 0.15) is 27.3 Å². The molecule has 7 nitrogen and oxygen atoms in total. The number of nitrogens with zero attached hydrogens (tertiary/aromatic N) is 2. The summed E-state index contributed by atoms with van der Waals surface area (Å²) in [6.45, 7) is 0.0203. The maximum atomic E-state index is 14.5. The van der Waals surface area contributed by atoms with Crippen LogP contribution in [-0.2, 0) is 6.54 Å². The lowest BCUT2D eigenvalue weighted by Gasteiger charge is -2.14. The van der Waals surface area contributed by atoms with Gasteiger partial charge in [0.15, 0.2) is 5.82 Å². The molecule has 2 aromatic carbocycles. The van der Waals surface area contributed by atoms with Crippen molar-refractivity contribution in [2.24, 2.45) is 0 Å². The van der Waals surface area contributed by atoms with E-state index in [1.807, 2.05) is 0 Å². The van der Waals surface area contributed by atoms with E-state index in [1.165, 1.54) is 37.5 Å². The first-order chi connectivity index (χ1) is 13.9. The summed E-state index contributed by atoms with van der Waals surface area (Å²) in [4.78, 5) is 19.7. The normalized spacial score (nSPS) is 10.4. The first kappa shape index (κ1) is 19.9. The molecule has 0 fully saturated rings. The second-order valence-corrected chi connectivity index (χ2v) is 6.05. The number of para-hydroxylation sites is 1. The molecule has 9 heteroatoms. The van der Waals surface area contributed by atoms with E-state index in [4.69, 9.17) is 11.1 Å². The fourth-order valence-corrected chi connectivity index (χ4v) is 2.68. The van der Waals surface area contributed by atoms with E-state index in [0.717, 1.165) is 0 Å².